The average Bonchev–Trinajstić information content (AvgIpc) is 2.84. The number of hydrogen-bond acceptors (Lipinski definition) is 5. The van der Waals surface area contributed by atoms with Crippen molar-refractivity contribution in [2.75, 3.05) is 13.1 Å². The number of amides is 1. The number of thiazole rings is 1. The SMILES string of the molecule is O=C(O)N1CCC(=O)C(Cc2cscn2)(C(=O)O)C1. The number of ketones is 1. The van der Waals surface area contributed by atoms with Crippen LogP contribution in [-0.4, -0.2) is 51.0 Å². The molecule has 2 rings (SSSR count). The fourth-order valence-corrected chi connectivity index (χ4v) is 2.74. The highest BCUT2D eigenvalue weighted by Crippen LogP contribution is 2.31. The third-order valence-corrected chi connectivity index (χ3v) is 3.88. The smallest absolute Gasteiger partial charge is 0.407 e. The molecule has 1 aromatic rings. The number of rotatable bonds is 3. The molecule has 1 fully saturated rings. The van der Waals surface area contributed by atoms with E-state index >= 15 is 0 Å². The van der Waals surface area contributed by atoms with E-state index in [0.29, 0.717) is 5.69 Å². The van der Waals surface area contributed by atoms with Gasteiger partial charge in [-0.3, -0.25) is 9.59 Å². The van der Waals surface area contributed by atoms with Crippen LogP contribution in [-0.2, 0) is 16.0 Å². The summed E-state index contributed by atoms with van der Waals surface area (Å²) in [4.78, 5) is 39.5. The first-order valence-electron chi connectivity index (χ1n) is 5.57. The zero-order valence-electron chi connectivity index (χ0n) is 9.90. The molecule has 0 aliphatic carbocycles. The standard InChI is InChI=1S/C11H12N2O5S/c14-8-1-2-13(10(17)18)5-11(8,9(15)16)3-7-4-19-6-12-7/h4,6H,1-3,5H2,(H,15,16)(H,17,18). The molecule has 1 saturated heterocycles. The minimum atomic E-state index is -1.72. The minimum Gasteiger partial charge on any atom is -0.480 e. The predicted octanol–water partition coefficient (Wildman–Crippen LogP) is 0.709. The van der Waals surface area contributed by atoms with Crippen LogP contribution < -0.4 is 0 Å². The Morgan fingerprint density at radius 2 is 2.21 bits per heavy atom. The molecule has 1 aliphatic heterocycles. The molecule has 2 heterocycles. The molecule has 0 saturated carbocycles. The Morgan fingerprint density at radius 3 is 2.74 bits per heavy atom. The summed E-state index contributed by atoms with van der Waals surface area (Å²) in [6.45, 7) is -0.283. The summed E-state index contributed by atoms with van der Waals surface area (Å²) in [5, 5.41) is 20.0. The van der Waals surface area contributed by atoms with Gasteiger partial charge in [0.15, 0.2) is 5.78 Å². The van der Waals surface area contributed by atoms with Crippen molar-refractivity contribution in [2.45, 2.75) is 12.8 Å². The molecule has 2 N–H and O–H groups in total. The molecule has 19 heavy (non-hydrogen) atoms. The summed E-state index contributed by atoms with van der Waals surface area (Å²) in [6.07, 6.45) is -1.37. The Morgan fingerprint density at radius 1 is 1.47 bits per heavy atom. The van der Waals surface area contributed by atoms with E-state index in [9.17, 15) is 19.5 Å². The van der Waals surface area contributed by atoms with E-state index in [2.05, 4.69) is 4.98 Å². The number of carboxylic acid groups (broad SMARTS) is 2. The highest BCUT2D eigenvalue weighted by Gasteiger charge is 2.50. The first-order chi connectivity index (χ1) is 8.95. The van der Waals surface area contributed by atoms with Gasteiger partial charge in [-0.1, -0.05) is 0 Å². The minimum absolute atomic E-state index is 0.0419. The lowest BCUT2D eigenvalue weighted by Crippen LogP contribution is -2.56. The molecule has 0 radical (unpaired) electrons. The molecule has 8 heteroatoms. The molecule has 1 aliphatic rings. The van der Waals surface area contributed by atoms with Gasteiger partial charge in [0.05, 0.1) is 11.2 Å². The third-order valence-electron chi connectivity index (χ3n) is 3.25. The fraction of sp³-hybridized carbons (Fsp3) is 0.455. The van der Waals surface area contributed by atoms with E-state index in [-0.39, 0.29) is 25.9 Å². The van der Waals surface area contributed by atoms with Gasteiger partial charge in [-0.25, -0.2) is 9.78 Å². The molecule has 1 amide bonds. The predicted molar refractivity (Wildman–Crippen MR) is 65.1 cm³/mol. The first-order valence-corrected chi connectivity index (χ1v) is 6.51. The summed E-state index contributed by atoms with van der Waals surface area (Å²) in [5.74, 6) is -1.73. The molecule has 1 atom stereocenters. The maximum Gasteiger partial charge on any atom is 0.407 e. The first kappa shape index (κ1) is 13.5. The third kappa shape index (κ3) is 2.43. The zero-order chi connectivity index (χ0) is 14.0. The van der Waals surface area contributed by atoms with Crippen LogP contribution in [0.25, 0.3) is 0 Å². The molecule has 1 aromatic heterocycles. The number of Topliss-reactive ketones (excluding diaryl/α,β-unsaturated/α-hetero) is 1. The average molecular weight is 284 g/mol. The number of carbonyl (C=O) groups excluding carboxylic acids is 1. The van der Waals surface area contributed by atoms with Crippen molar-refractivity contribution in [1.82, 2.24) is 9.88 Å². The number of aromatic nitrogens is 1. The van der Waals surface area contributed by atoms with Gasteiger partial charge < -0.3 is 15.1 Å². The second-order valence-electron chi connectivity index (χ2n) is 4.42. The van der Waals surface area contributed by atoms with Gasteiger partial charge in [-0.2, -0.15) is 0 Å². The zero-order valence-corrected chi connectivity index (χ0v) is 10.7. The van der Waals surface area contributed by atoms with Crippen molar-refractivity contribution in [3.05, 3.63) is 16.6 Å². The topological polar surface area (TPSA) is 108 Å². The van der Waals surface area contributed by atoms with Crippen molar-refractivity contribution in [2.24, 2.45) is 5.41 Å². The van der Waals surface area contributed by atoms with Crippen LogP contribution in [0.1, 0.15) is 12.1 Å². The number of piperidine rings is 1. The number of carbonyl (C=O) groups is 3. The molecule has 0 bridgehead atoms. The van der Waals surface area contributed by atoms with E-state index in [4.69, 9.17) is 5.11 Å². The lowest BCUT2D eigenvalue weighted by atomic mass is 9.75. The lowest BCUT2D eigenvalue weighted by Gasteiger charge is -2.36. The van der Waals surface area contributed by atoms with Gasteiger partial charge in [-0.05, 0) is 0 Å². The molecule has 1 unspecified atom stereocenters. The summed E-state index contributed by atoms with van der Waals surface area (Å²) < 4.78 is 0. The van der Waals surface area contributed by atoms with Crippen LogP contribution in [0.4, 0.5) is 4.79 Å². The van der Waals surface area contributed by atoms with Gasteiger partial charge in [0.1, 0.15) is 5.41 Å². The van der Waals surface area contributed by atoms with Crippen LogP contribution in [0.3, 0.4) is 0 Å². The van der Waals surface area contributed by atoms with Crippen molar-refractivity contribution in [3.8, 4) is 0 Å². The number of hydrogen-bond donors (Lipinski definition) is 2. The van der Waals surface area contributed by atoms with Gasteiger partial charge in [0.25, 0.3) is 0 Å². The number of likely N-dealkylation sites (tertiary alicyclic amines) is 1. The maximum absolute atomic E-state index is 12.0. The van der Waals surface area contributed by atoms with Gasteiger partial charge in [-0.15, -0.1) is 11.3 Å². The molecule has 0 spiro atoms. The van der Waals surface area contributed by atoms with Gasteiger partial charge in [0, 0.05) is 31.3 Å². The maximum atomic E-state index is 12.0. The van der Waals surface area contributed by atoms with Crippen LogP contribution in [0.15, 0.2) is 10.9 Å². The molecule has 7 nitrogen and oxygen atoms in total. The largest absolute Gasteiger partial charge is 0.480 e. The summed E-state index contributed by atoms with van der Waals surface area (Å²) >= 11 is 1.30. The Bertz CT molecular complexity index is 515. The molecular weight excluding hydrogens is 272 g/mol. The molecular formula is C11H12N2O5S. The Kier molecular flexibility index (Phi) is 3.52. The van der Waals surface area contributed by atoms with E-state index in [1.807, 2.05) is 0 Å². The Labute approximate surface area is 112 Å². The summed E-state index contributed by atoms with van der Waals surface area (Å²) in [6, 6.07) is 0. The summed E-state index contributed by atoms with van der Waals surface area (Å²) in [7, 11) is 0. The number of carboxylic acids is 1. The second-order valence-corrected chi connectivity index (χ2v) is 5.14. The Balaban J connectivity index is 2.33. The van der Waals surface area contributed by atoms with Crippen LogP contribution >= 0.6 is 11.3 Å². The molecule has 0 aromatic carbocycles. The van der Waals surface area contributed by atoms with Crippen molar-refractivity contribution < 1.29 is 24.6 Å². The van der Waals surface area contributed by atoms with Crippen LogP contribution in [0.2, 0.25) is 0 Å². The monoisotopic (exact) mass is 284 g/mol. The van der Waals surface area contributed by atoms with Gasteiger partial charge >= 0.3 is 12.1 Å². The van der Waals surface area contributed by atoms with Crippen LogP contribution in [0.5, 0.6) is 0 Å². The van der Waals surface area contributed by atoms with Crippen molar-refractivity contribution >= 4 is 29.2 Å². The van der Waals surface area contributed by atoms with E-state index in [0.717, 1.165) is 4.90 Å². The highest BCUT2D eigenvalue weighted by molar-refractivity contribution is 7.07. The van der Waals surface area contributed by atoms with E-state index < -0.39 is 23.3 Å². The normalized spacial score (nSPS) is 23.4. The highest BCUT2D eigenvalue weighted by atomic mass is 32.1. The lowest BCUT2D eigenvalue weighted by molar-refractivity contribution is -0.158. The molecule has 102 valence electrons. The van der Waals surface area contributed by atoms with Gasteiger partial charge in [0.2, 0.25) is 0 Å². The van der Waals surface area contributed by atoms with Crippen molar-refractivity contribution in [1.29, 1.82) is 0 Å². The van der Waals surface area contributed by atoms with E-state index in [1.165, 1.54) is 11.3 Å². The van der Waals surface area contributed by atoms with Crippen LogP contribution in [0, 0.1) is 5.41 Å². The van der Waals surface area contributed by atoms with E-state index in [1.54, 1.807) is 10.9 Å². The van der Waals surface area contributed by atoms with Crippen molar-refractivity contribution in [3.63, 3.8) is 0 Å². The fourth-order valence-electron chi connectivity index (χ4n) is 2.18. The summed E-state index contributed by atoms with van der Waals surface area (Å²) in [5.41, 5.74) is 0.325. The number of aliphatic carboxylic acids is 1. The second kappa shape index (κ2) is 4.96. The quantitative estimate of drug-likeness (QED) is 0.791. The number of nitrogens with zero attached hydrogens (tertiary/aromatic N) is 2. The Hall–Kier alpha value is -1.96.